The van der Waals surface area contributed by atoms with Crippen LogP contribution in [-0.2, 0) is 16.0 Å². The van der Waals surface area contributed by atoms with E-state index in [0.717, 1.165) is 25.6 Å². The molecule has 3 heteroatoms. The Morgan fingerprint density at radius 2 is 1.95 bits per heavy atom. The van der Waals surface area contributed by atoms with Gasteiger partial charge < -0.3 is 4.74 Å². The van der Waals surface area contributed by atoms with Crippen LogP contribution in [0.5, 0.6) is 0 Å². The number of carbonyl (C=O) groups excluding carboxylic acids is 1. The highest BCUT2D eigenvalue weighted by Crippen LogP contribution is 2.21. The lowest BCUT2D eigenvalue weighted by molar-refractivity contribution is -0.136. The second-order valence-electron chi connectivity index (χ2n) is 5.81. The van der Waals surface area contributed by atoms with Crippen molar-refractivity contribution in [3.8, 4) is 0 Å². The molecule has 0 amide bonds. The van der Waals surface area contributed by atoms with Gasteiger partial charge in [0.1, 0.15) is 0 Å². The fourth-order valence-electron chi connectivity index (χ4n) is 2.83. The highest BCUT2D eigenvalue weighted by Gasteiger charge is 2.18. The molecule has 1 aliphatic rings. The lowest BCUT2D eigenvalue weighted by atomic mass is 9.90. The third-order valence-corrected chi connectivity index (χ3v) is 4.24. The summed E-state index contributed by atoms with van der Waals surface area (Å²) in [5.41, 5.74) is 2.14. The van der Waals surface area contributed by atoms with E-state index >= 15 is 0 Å². The molecule has 0 N–H and O–H groups in total. The van der Waals surface area contributed by atoms with Crippen LogP contribution >= 0.6 is 0 Å². The summed E-state index contributed by atoms with van der Waals surface area (Å²) in [5, 5.41) is 0. The first-order valence-electron chi connectivity index (χ1n) is 7.70. The van der Waals surface area contributed by atoms with Crippen molar-refractivity contribution in [2.24, 2.45) is 5.92 Å². The molecule has 0 unspecified atom stereocenters. The molecule has 1 fully saturated rings. The Kier molecular flexibility index (Phi) is 6.00. The summed E-state index contributed by atoms with van der Waals surface area (Å²) in [7, 11) is 1.43. The highest BCUT2D eigenvalue weighted by atomic mass is 16.5. The lowest BCUT2D eigenvalue weighted by Crippen LogP contribution is -2.34. The van der Waals surface area contributed by atoms with E-state index in [0.29, 0.717) is 5.57 Å². The molecule has 1 heterocycles. The Labute approximate surface area is 127 Å². The number of nitrogens with zero attached hydrogens (tertiary/aromatic N) is 1. The molecule has 1 aliphatic heterocycles. The van der Waals surface area contributed by atoms with Gasteiger partial charge in [0.25, 0.3) is 0 Å². The number of carbonyl (C=O) groups is 1. The predicted octanol–water partition coefficient (Wildman–Crippen LogP) is 3.06. The molecule has 0 bridgehead atoms. The monoisotopic (exact) mass is 287 g/mol. The Balaban J connectivity index is 1.75. The van der Waals surface area contributed by atoms with Gasteiger partial charge in [-0.2, -0.15) is 0 Å². The molecule has 2 rings (SSSR count). The maximum Gasteiger partial charge on any atom is 0.333 e. The molecule has 0 radical (unpaired) electrons. The number of rotatable bonds is 5. The quantitative estimate of drug-likeness (QED) is 0.616. The number of hydrogen-bond donors (Lipinski definition) is 0. The average molecular weight is 287 g/mol. The van der Waals surface area contributed by atoms with E-state index in [4.69, 9.17) is 4.74 Å². The summed E-state index contributed by atoms with van der Waals surface area (Å²) in [5.74, 6) is 0.559. The minimum Gasteiger partial charge on any atom is -0.466 e. The van der Waals surface area contributed by atoms with Crippen molar-refractivity contribution in [1.82, 2.24) is 4.90 Å². The van der Waals surface area contributed by atoms with E-state index < -0.39 is 0 Å². The van der Waals surface area contributed by atoms with E-state index in [2.05, 4.69) is 35.2 Å². The van der Waals surface area contributed by atoms with Crippen molar-refractivity contribution in [2.75, 3.05) is 26.7 Å². The molecule has 0 atom stereocenters. The number of piperidine rings is 1. The van der Waals surface area contributed by atoms with Crippen LogP contribution in [0.3, 0.4) is 0 Å². The van der Waals surface area contributed by atoms with Crippen LogP contribution in [0, 0.1) is 5.92 Å². The minimum atomic E-state index is -0.228. The smallest absolute Gasteiger partial charge is 0.333 e. The van der Waals surface area contributed by atoms with Gasteiger partial charge in [-0.25, -0.2) is 4.79 Å². The van der Waals surface area contributed by atoms with E-state index in [1.807, 2.05) is 13.0 Å². The first-order valence-corrected chi connectivity index (χ1v) is 7.70. The second-order valence-corrected chi connectivity index (χ2v) is 5.81. The van der Waals surface area contributed by atoms with Crippen LogP contribution in [0.2, 0.25) is 0 Å². The molecule has 114 valence electrons. The molecule has 1 saturated heterocycles. The van der Waals surface area contributed by atoms with Gasteiger partial charge in [0.2, 0.25) is 0 Å². The van der Waals surface area contributed by atoms with Crippen LogP contribution in [0.15, 0.2) is 42.0 Å². The molecule has 0 spiro atoms. The molecular formula is C18H25NO2. The third-order valence-electron chi connectivity index (χ3n) is 4.24. The largest absolute Gasteiger partial charge is 0.466 e. The fraction of sp³-hybridized carbons (Fsp3) is 0.500. The number of esters is 1. The van der Waals surface area contributed by atoms with Crippen LogP contribution in [0.25, 0.3) is 0 Å². The predicted molar refractivity (Wildman–Crippen MR) is 85.1 cm³/mol. The topological polar surface area (TPSA) is 29.5 Å². The van der Waals surface area contributed by atoms with Gasteiger partial charge in [-0.3, -0.25) is 4.90 Å². The van der Waals surface area contributed by atoms with Crippen LogP contribution in [-0.4, -0.2) is 37.6 Å². The molecule has 21 heavy (non-hydrogen) atoms. The van der Waals surface area contributed by atoms with E-state index in [1.54, 1.807) is 0 Å². The van der Waals surface area contributed by atoms with Gasteiger partial charge in [0.15, 0.2) is 0 Å². The zero-order chi connectivity index (χ0) is 15.1. The molecule has 0 aliphatic carbocycles. The molecule has 3 nitrogen and oxygen atoms in total. The first-order chi connectivity index (χ1) is 10.2. The van der Waals surface area contributed by atoms with E-state index in [9.17, 15) is 4.79 Å². The summed E-state index contributed by atoms with van der Waals surface area (Å²) >= 11 is 0. The average Bonchev–Trinajstić information content (AvgIpc) is 2.54. The molecule has 1 aromatic rings. The van der Waals surface area contributed by atoms with Crippen LogP contribution < -0.4 is 0 Å². The van der Waals surface area contributed by atoms with Crippen LogP contribution in [0.4, 0.5) is 0 Å². The summed E-state index contributed by atoms with van der Waals surface area (Å²) in [4.78, 5) is 13.7. The first kappa shape index (κ1) is 15.8. The Morgan fingerprint density at radius 1 is 1.29 bits per heavy atom. The summed E-state index contributed by atoms with van der Waals surface area (Å²) in [6, 6.07) is 10.7. The Hall–Kier alpha value is -1.61. The zero-order valence-electron chi connectivity index (χ0n) is 13.0. The van der Waals surface area contributed by atoms with Crippen molar-refractivity contribution >= 4 is 5.97 Å². The third kappa shape index (κ3) is 5.01. The molecule has 0 saturated carbocycles. The molecule has 0 aromatic heterocycles. The van der Waals surface area contributed by atoms with Crippen molar-refractivity contribution in [3.63, 3.8) is 0 Å². The standard InChI is InChI=1S/C18H25NO2/c1-15(18(20)21-2)8-11-19-12-9-17(10-13-19)14-16-6-4-3-5-7-16/h3-8,17H,9-14H2,1-2H3. The lowest BCUT2D eigenvalue weighted by Gasteiger charge is -2.31. The number of benzene rings is 1. The maximum atomic E-state index is 11.3. The summed E-state index contributed by atoms with van der Waals surface area (Å²) < 4.78 is 4.71. The minimum absolute atomic E-state index is 0.228. The summed E-state index contributed by atoms with van der Waals surface area (Å²) in [6.45, 7) is 4.89. The molecular weight excluding hydrogens is 262 g/mol. The maximum absolute atomic E-state index is 11.3. The van der Waals surface area contributed by atoms with Gasteiger partial charge in [0.05, 0.1) is 7.11 Å². The molecule has 1 aromatic carbocycles. The van der Waals surface area contributed by atoms with Crippen molar-refractivity contribution < 1.29 is 9.53 Å². The van der Waals surface area contributed by atoms with E-state index in [1.165, 1.54) is 31.9 Å². The summed E-state index contributed by atoms with van der Waals surface area (Å²) in [6.07, 6.45) is 5.63. The van der Waals surface area contributed by atoms with Crippen molar-refractivity contribution in [3.05, 3.63) is 47.5 Å². The van der Waals surface area contributed by atoms with Gasteiger partial charge >= 0.3 is 5.97 Å². The highest BCUT2D eigenvalue weighted by molar-refractivity contribution is 5.87. The van der Waals surface area contributed by atoms with Gasteiger partial charge in [-0.1, -0.05) is 36.4 Å². The van der Waals surface area contributed by atoms with Crippen LogP contribution in [0.1, 0.15) is 25.3 Å². The van der Waals surface area contributed by atoms with E-state index in [-0.39, 0.29) is 5.97 Å². The number of likely N-dealkylation sites (tertiary alicyclic amines) is 1. The van der Waals surface area contributed by atoms with Gasteiger partial charge in [-0.15, -0.1) is 0 Å². The normalized spacial score (nSPS) is 17.7. The Bertz CT molecular complexity index is 473. The SMILES string of the molecule is COC(=O)C(C)=CCN1CCC(Cc2ccccc2)CC1. The van der Waals surface area contributed by atoms with Crippen molar-refractivity contribution in [1.29, 1.82) is 0 Å². The number of ether oxygens (including phenoxy) is 1. The number of hydrogen-bond acceptors (Lipinski definition) is 3. The zero-order valence-corrected chi connectivity index (χ0v) is 13.0. The fourth-order valence-corrected chi connectivity index (χ4v) is 2.83. The number of methoxy groups -OCH3 is 1. The van der Waals surface area contributed by atoms with Gasteiger partial charge in [0, 0.05) is 12.1 Å². The van der Waals surface area contributed by atoms with Gasteiger partial charge in [-0.05, 0) is 50.8 Å². The Morgan fingerprint density at radius 3 is 2.57 bits per heavy atom. The van der Waals surface area contributed by atoms with Crippen molar-refractivity contribution in [2.45, 2.75) is 26.2 Å². The second kappa shape index (κ2) is 7.99.